The lowest BCUT2D eigenvalue weighted by Crippen LogP contribution is -2.32. The van der Waals surface area contributed by atoms with Gasteiger partial charge in [0.1, 0.15) is 17.6 Å². The summed E-state index contributed by atoms with van der Waals surface area (Å²) in [6.07, 6.45) is 0. The molecule has 2 N–H and O–H groups in total. The number of anilines is 2. The van der Waals surface area contributed by atoms with E-state index in [9.17, 15) is 9.18 Å². The van der Waals surface area contributed by atoms with Crippen LogP contribution in [0.5, 0.6) is 5.75 Å². The number of methoxy groups -OCH3 is 1. The summed E-state index contributed by atoms with van der Waals surface area (Å²) in [5.74, 6) is -0.0953. The summed E-state index contributed by atoms with van der Waals surface area (Å²) in [6.45, 7) is 8.08. The van der Waals surface area contributed by atoms with Gasteiger partial charge in [0, 0.05) is 0 Å². The molecule has 0 saturated carbocycles. The molecule has 0 unspecified atom stereocenters. The van der Waals surface area contributed by atoms with Crippen LogP contribution in [0.15, 0.2) is 36.4 Å². The van der Waals surface area contributed by atoms with Crippen LogP contribution in [0.1, 0.15) is 33.3 Å². The first kappa shape index (κ1) is 20.0. The Labute approximate surface area is 158 Å². The number of hydrogen-bond donors (Lipinski definition) is 2. The Morgan fingerprint density at radius 1 is 1.15 bits per heavy atom. The Morgan fingerprint density at radius 3 is 2.42 bits per heavy atom. The Hall–Kier alpha value is -2.27. The third kappa shape index (κ3) is 4.88. The van der Waals surface area contributed by atoms with E-state index in [-0.39, 0.29) is 16.3 Å². The molecule has 1 amide bonds. The van der Waals surface area contributed by atoms with E-state index in [0.717, 1.165) is 17.3 Å². The van der Waals surface area contributed by atoms with E-state index in [0.29, 0.717) is 11.4 Å². The predicted molar refractivity (Wildman–Crippen MR) is 105 cm³/mol. The Kier molecular flexibility index (Phi) is 6.13. The van der Waals surface area contributed by atoms with Crippen molar-refractivity contribution in [1.29, 1.82) is 0 Å². The monoisotopic (exact) mass is 378 g/mol. The molecule has 0 fully saturated rings. The number of amides is 1. The quantitative estimate of drug-likeness (QED) is 0.749. The van der Waals surface area contributed by atoms with Crippen molar-refractivity contribution in [2.24, 2.45) is 0 Å². The summed E-state index contributed by atoms with van der Waals surface area (Å²) >= 11 is 5.96. The van der Waals surface area contributed by atoms with Crippen LogP contribution >= 0.6 is 11.6 Å². The second-order valence-electron chi connectivity index (χ2n) is 7.14. The SMILES string of the molecule is COc1ccc(C(C)(C)C)cc1N[C@H](C)C(=O)Nc1ccc(F)cc1Cl. The van der Waals surface area contributed by atoms with Crippen LogP contribution < -0.4 is 15.4 Å². The average Bonchev–Trinajstić information content (AvgIpc) is 2.56. The number of carbonyl (C=O) groups is 1. The molecule has 26 heavy (non-hydrogen) atoms. The summed E-state index contributed by atoms with van der Waals surface area (Å²) in [5.41, 5.74) is 2.18. The largest absolute Gasteiger partial charge is 0.495 e. The maximum absolute atomic E-state index is 13.1. The molecule has 0 saturated heterocycles. The lowest BCUT2D eigenvalue weighted by molar-refractivity contribution is -0.116. The van der Waals surface area contributed by atoms with E-state index >= 15 is 0 Å². The molecule has 0 bridgehead atoms. The number of rotatable bonds is 5. The number of nitrogens with one attached hydrogen (secondary N) is 2. The number of hydrogen-bond acceptors (Lipinski definition) is 3. The van der Waals surface area contributed by atoms with E-state index in [1.54, 1.807) is 14.0 Å². The smallest absolute Gasteiger partial charge is 0.246 e. The maximum atomic E-state index is 13.1. The van der Waals surface area contributed by atoms with Crippen molar-refractivity contribution in [3.8, 4) is 5.75 Å². The number of ether oxygens (including phenoxy) is 1. The molecule has 2 aromatic rings. The number of benzene rings is 2. The van der Waals surface area contributed by atoms with Crippen molar-refractivity contribution < 1.29 is 13.9 Å². The van der Waals surface area contributed by atoms with Crippen LogP contribution in [0.25, 0.3) is 0 Å². The van der Waals surface area contributed by atoms with Gasteiger partial charge in [-0.1, -0.05) is 38.4 Å². The number of carbonyl (C=O) groups excluding carboxylic acids is 1. The average molecular weight is 379 g/mol. The first-order chi connectivity index (χ1) is 12.1. The van der Waals surface area contributed by atoms with Gasteiger partial charge in [-0.3, -0.25) is 4.79 Å². The van der Waals surface area contributed by atoms with E-state index < -0.39 is 11.9 Å². The second kappa shape index (κ2) is 7.96. The minimum Gasteiger partial charge on any atom is -0.495 e. The maximum Gasteiger partial charge on any atom is 0.246 e. The van der Waals surface area contributed by atoms with Crippen molar-refractivity contribution in [2.45, 2.75) is 39.2 Å². The zero-order valence-corrected chi connectivity index (χ0v) is 16.4. The summed E-state index contributed by atoms with van der Waals surface area (Å²) in [6, 6.07) is 9.15. The molecule has 2 rings (SSSR count). The highest BCUT2D eigenvalue weighted by Gasteiger charge is 2.19. The van der Waals surface area contributed by atoms with Gasteiger partial charge in [0.05, 0.1) is 23.5 Å². The minimum atomic E-state index is -0.555. The van der Waals surface area contributed by atoms with Crippen LogP contribution in [0.2, 0.25) is 5.02 Å². The van der Waals surface area contributed by atoms with Gasteiger partial charge in [-0.15, -0.1) is 0 Å². The zero-order valence-electron chi connectivity index (χ0n) is 15.6. The molecule has 0 aliphatic carbocycles. The molecule has 6 heteroatoms. The van der Waals surface area contributed by atoms with E-state index in [2.05, 4.69) is 31.4 Å². The zero-order chi connectivity index (χ0) is 19.5. The van der Waals surface area contributed by atoms with E-state index in [1.165, 1.54) is 12.1 Å². The van der Waals surface area contributed by atoms with Gasteiger partial charge >= 0.3 is 0 Å². The van der Waals surface area contributed by atoms with Crippen LogP contribution in [0, 0.1) is 5.82 Å². The molecule has 4 nitrogen and oxygen atoms in total. The van der Waals surface area contributed by atoms with Crippen LogP contribution in [-0.4, -0.2) is 19.1 Å². The van der Waals surface area contributed by atoms with Gasteiger partial charge in [-0.25, -0.2) is 4.39 Å². The summed E-state index contributed by atoms with van der Waals surface area (Å²) < 4.78 is 18.5. The molecule has 1 atom stereocenters. The third-order valence-corrected chi connectivity index (χ3v) is 4.33. The second-order valence-corrected chi connectivity index (χ2v) is 7.55. The highest BCUT2D eigenvalue weighted by atomic mass is 35.5. The number of halogens is 2. The molecule has 0 aliphatic rings. The molecule has 0 heterocycles. The molecule has 140 valence electrons. The van der Waals surface area contributed by atoms with Gasteiger partial charge in [0.2, 0.25) is 5.91 Å². The minimum absolute atomic E-state index is 0.0319. The van der Waals surface area contributed by atoms with Gasteiger partial charge < -0.3 is 15.4 Å². The highest BCUT2D eigenvalue weighted by molar-refractivity contribution is 6.33. The normalized spacial score (nSPS) is 12.4. The van der Waals surface area contributed by atoms with E-state index in [1.807, 2.05) is 18.2 Å². The molecule has 0 aromatic heterocycles. The van der Waals surface area contributed by atoms with Crippen molar-refractivity contribution in [1.82, 2.24) is 0 Å². The Morgan fingerprint density at radius 2 is 1.85 bits per heavy atom. The fourth-order valence-corrected chi connectivity index (χ4v) is 2.63. The lowest BCUT2D eigenvalue weighted by Gasteiger charge is -2.23. The predicted octanol–water partition coefficient (Wildman–Crippen LogP) is 5.22. The van der Waals surface area contributed by atoms with Gasteiger partial charge in [0.15, 0.2) is 0 Å². The summed E-state index contributed by atoms with van der Waals surface area (Å²) in [5, 5.41) is 6.02. The molecular formula is C20H24ClFN2O2. The van der Waals surface area contributed by atoms with Crippen LogP contribution in [0.3, 0.4) is 0 Å². The van der Waals surface area contributed by atoms with E-state index in [4.69, 9.17) is 16.3 Å². The standard InChI is InChI=1S/C20H24ClFN2O2/c1-12(19(25)24-16-8-7-14(22)11-15(16)21)23-17-10-13(20(2,3)4)6-9-18(17)26-5/h6-12,23H,1-5H3,(H,24,25)/t12-/m1/s1. The first-order valence-electron chi connectivity index (χ1n) is 8.33. The summed E-state index contributed by atoms with van der Waals surface area (Å²) in [4.78, 5) is 12.5. The molecular weight excluding hydrogens is 355 g/mol. The Balaban J connectivity index is 2.17. The Bertz CT molecular complexity index is 803. The molecule has 0 radical (unpaired) electrons. The molecule has 0 spiro atoms. The fraction of sp³-hybridized carbons (Fsp3) is 0.350. The van der Waals surface area contributed by atoms with Crippen LogP contribution in [-0.2, 0) is 10.2 Å². The third-order valence-electron chi connectivity index (χ3n) is 4.02. The van der Waals surface area contributed by atoms with Gasteiger partial charge in [-0.2, -0.15) is 0 Å². The van der Waals surface area contributed by atoms with Crippen LogP contribution in [0.4, 0.5) is 15.8 Å². The van der Waals surface area contributed by atoms with Gasteiger partial charge in [0.25, 0.3) is 0 Å². The first-order valence-corrected chi connectivity index (χ1v) is 8.70. The van der Waals surface area contributed by atoms with Crippen molar-refractivity contribution in [2.75, 3.05) is 17.7 Å². The molecule has 0 aliphatic heterocycles. The topological polar surface area (TPSA) is 50.4 Å². The summed E-state index contributed by atoms with van der Waals surface area (Å²) in [7, 11) is 1.58. The fourth-order valence-electron chi connectivity index (χ4n) is 2.42. The van der Waals surface area contributed by atoms with Crippen molar-refractivity contribution in [3.05, 3.63) is 52.8 Å². The highest BCUT2D eigenvalue weighted by Crippen LogP contribution is 2.32. The molecule has 2 aromatic carbocycles. The van der Waals surface area contributed by atoms with Crippen molar-refractivity contribution in [3.63, 3.8) is 0 Å². The van der Waals surface area contributed by atoms with Crippen molar-refractivity contribution >= 4 is 28.9 Å². The van der Waals surface area contributed by atoms with Gasteiger partial charge in [-0.05, 0) is 48.2 Å². The lowest BCUT2D eigenvalue weighted by atomic mass is 9.86.